The van der Waals surface area contributed by atoms with Crippen LogP contribution in [0.15, 0.2) is 24.3 Å². The fraction of sp³-hybridized carbons (Fsp3) is 0.562. The van der Waals surface area contributed by atoms with Crippen molar-refractivity contribution in [3.63, 3.8) is 0 Å². The van der Waals surface area contributed by atoms with Crippen LogP contribution >= 0.6 is 0 Å². The summed E-state index contributed by atoms with van der Waals surface area (Å²) in [5.74, 6) is 0.915. The van der Waals surface area contributed by atoms with Crippen LogP contribution in [0.25, 0.3) is 0 Å². The smallest absolute Gasteiger partial charge is 0.229 e. The van der Waals surface area contributed by atoms with Gasteiger partial charge in [-0.1, -0.05) is 26.0 Å². The molecule has 2 rings (SSSR count). The molecule has 1 amide bonds. The third kappa shape index (κ3) is 3.35. The van der Waals surface area contributed by atoms with E-state index < -0.39 is 0 Å². The highest BCUT2D eigenvalue weighted by Gasteiger charge is 2.24. The first-order valence-corrected chi connectivity index (χ1v) is 7.18. The Morgan fingerprint density at radius 2 is 2.00 bits per heavy atom. The van der Waals surface area contributed by atoms with Crippen molar-refractivity contribution in [2.24, 2.45) is 5.92 Å². The number of hydrogen-bond donors (Lipinski definition) is 1. The third-order valence-electron chi connectivity index (χ3n) is 3.94. The van der Waals surface area contributed by atoms with Crippen molar-refractivity contribution in [2.45, 2.75) is 32.6 Å². The molecule has 0 radical (unpaired) electrons. The van der Waals surface area contributed by atoms with E-state index in [2.05, 4.69) is 31.3 Å². The summed E-state index contributed by atoms with van der Waals surface area (Å²) in [5, 5.41) is 3.30. The van der Waals surface area contributed by atoms with Gasteiger partial charge in [-0.3, -0.25) is 4.79 Å². The van der Waals surface area contributed by atoms with E-state index in [0.717, 1.165) is 31.6 Å². The largest absolute Gasteiger partial charge is 0.317 e. The molecule has 1 N–H and O–H groups in total. The Balaban J connectivity index is 2.11. The molecule has 1 aromatic carbocycles. The maximum atomic E-state index is 12.5. The third-order valence-corrected chi connectivity index (χ3v) is 3.94. The molecule has 1 saturated heterocycles. The van der Waals surface area contributed by atoms with Crippen molar-refractivity contribution < 1.29 is 4.79 Å². The van der Waals surface area contributed by atoms with Crippen LogP contribution in [0.3, 0.4) is 0 Å². The summed E-state index contributed by atoms with van der Waals surface area (Å²) in [6, 6.07) is 8.31. The molecule has 0 spiro atoms. The molecule has 0 bridgehead atoms. The number of carbonyl (C=O) groups excluding carboxylic acids is 1. The number of hydrogen-bond acceptors (Lipinski definition) is 2. The van der Waals surface area contributed by atoms with Crippen molar-refractivity contribution >= 4 is 11.6 Å². The minimum absolute atomic E-state index is 0.175. The Morgan fingerprint density at radius 1 is 1.32 bits per heavy atom. The first kappa shape index (κ1) is 14.1. The lowest BCUT2D eigenvalue weighted by Gasteiger charge is -2.27. The average molecular weight is 260 g/mol. The Kier molecular flexibility index (Phi) is 4.59. The minimum atomic E-state index is 0.175. The molecule has 0 aromatic heterocycles. The molecule has 0 atom stereocenters. The van der Waals surface area contributed by atoms with Crippen LogP contribution in [0.1, 0.15) is 38.2 Å². The van der Waals surface area contributed by atoms with Gasteiger partial charge in [-0.2, -0.15) is 0 Å². The fourth-order valence-corrected chi connectivity index (χ4v) is 2.56. The number of nitrogens with one attached hydrogen (secondary N) is 1. The van der Waals surface area contributed by atoms with E-state index in [-0.39, 0.29) is 11.8 Å². The van der Waals surface area contributed by atoms with E-state index in [1.807, 2.05) is 24.1 Å². The summed E-state index contributed by atoms with van der Waals surface area (Å²) in [7, 11) is 1.89. The van der Waals surface area contributed by atoms with Gasteiger partial charge in [0.2, 0.25) is 5.91 Å². The van der Waals surface area contributed by atoms with Crippen LogP contribution in [-0.4, -0.2) is 26.0 Å². The normalized spacial score (nSPS) is 16.6. The number of amides is 1. The van der Waals surface area contributed by atoms with Gasteiger partial charge in [0, 0.05) is 18.7 Å². The summed E-state index contributed by atoms with van der Waals surface area (Å²) in [5.41, 5.74) is 2.29. The van der Waals surface area contributed by atoms with Crippen molar-refractivity contribution in [1.82, 2.24) is 5.32 Å². The molecule has 104 valence electrons. The fourth-order valence-electron chi connectivity index (χ4n) is 2.56. The number of piperidine rings is 1. The van der Waals surface area contributed by atoms with E-state index in [9.17, 15) is 4.79 Å². The van der Waals surface area contributed by atoms with Crippen molar-refractivity contribution in [3.05, 3.63) is 29.8 Å². The van der Waals surface area contributed by atoms with Gasteiger partial charge in [0.1, 0.15) is 0 Å². The molecular weight excluding hydrogens is 236 g/mol. The molecule has 1 fully saturated rings. The van der Waals surface area contributed by atoms with Crippen molar-refractivity contribution in [3.8, 4) is 0 Å². The highest BCUT2D eigenvalue weighted by molar-refractivity contribution is 5.94. The van der Waals surface area contributed by atoms with Gasteiger partial charge in [0.05, 0.1) is 0 Å². The standard InChI is InChI=1S/C16H24N2O/c1-12(2)14-5-4-6-15(11-14)18(3)16(19)13-7-9-17-10-8-13/h4-6,11-13,17H,7-10H2,1-3H3. The molecule has 19 heavy (non-hydrogen) atoms. The molecule has 3 heteroatoms. The van der Waals surface area contributed by atoms with Crippen molar-refractivity contribution in [1.29, 1.82) is 0 Å². The maximum Gasteiger partial charge on any atom is 0.229 e. The van der Waals surface area contributed by atoms with Crippen molar-refractivity contribution in [2.75, 3.05) is 25.0 Å². The molecule has 3 nitrogen and oxygen atoms in total. The SMILES string of the molecule is CC(C)c1cccc(N(C)C(=O)C2CCNCC2)c1. The molecule has 1 aliphatic rings. The van der Waals surface area contributed by atoms with Gasteiger partial charge in [0.15, 0.2) is 0 Å². The zero-order chi connectivity index (χ0) is 13.8. The Labute approximate surface area is 116 Å². The Hall–Kier alpha value is -1.35. The quantitative estimate of drug-likeness (QED) is 0.906. The summed E-state index contributed by atoms with van der Waals surface area (Å²) >= 11 is 0. The zero-order valence-corrected chi connectivity index (χ0v) is 12.1. The van der Waals surface area contributed by atoms with E-state index in [1.54, 1.807) is 0 Å². The monoisotopic (exact) mass is 260 g/mol. The van der Waals surface area contributed by atoms with Crippen LogP contribution in [0.5, 0.6) is 0 Å². The molecule has 0 unspecified atom stereocenters. The average Bonchev–Trinajstić information content (AvgIpc) is 2.46. The highest BCUT2D eigenvalue weighted by atomic mass is 16.2. The lowest BCUT2D eigenvalue weighted by atomic mass is 9.96. The minimum Gasteiger partial charge on any atom is -0.317 e. The zero-order valence-electron chi connectivity index (χ0n) is 12.1. The summed E-state index contributed by atoms with van der Waals surface area (Å²) in [6.07, 6.45) is 1.90. The summed E-state index contributed by atoms with van der Waals surface area (Å²) in [4.78, 5) is 14.3. The second-order valence-corrected chi connectivity index (χ2v) is 5.67. The van der Waals surface area contributed by atoms with Gasteiger partial charge in [-0.25, -0.2) is 0 Å². The van der Waals surface area contributed by atoms with Crippen LogP contribution in [-0.2, 0) is 4.79 Å². The summed E-state index contributed by atoms with van der Waals surface area (Å²) < 4.78 is 0. The molecule has 1 aromatic rings. The first-order chi connectivity index (χ1) is 9.09. The molecule has 1 heterocycles. The number of anilines is 1. The maximum absolute atomic E-state index is 12.5. The molecule has 0 saturated carbocycles. The second-order valence-electron chi connectivity index (χ2n) is 5.67. The molecular formula is C16H24N2O. The molecule has 0 aliphatic carbocycles. The van der Waals surface area contributed by atoms with Gasteiger partial charge < -0.3 is 10.2 Å². The number of benzene rings is 1. The van der Waals surface area contributed by atoms with Crippen LogP contribution in [0.4, 0.5) is 5.69 Å². The highest BCUT2D eigenvalue weighted by Crippen LogP contribution is 2.23. The lowest BCUT2D eigenvalue weighted by molar-refractivity contribution is -0.122. The number of rotatable bonds is 3. The van der Waals surface area contributed by atoms with Crippen LogP contribution in [0.2, 0.25) is 0 Å². The Morgan fingerprint density at radius 3 is 2.63 bits per heavy atom. The van der Waals surface area contributed by atoms with E-state index in [1.165, 1.54) is 5.56 Å². The lowest BCUT2D eigenvalue weighted by Crippen LogP contribution is -2.39. The van der Waals surface area contributed by atoms with Gasteiger partial charge in [-0.05, 0) is 49.5 Å². The predicted octanol–water partition coefficient (Wildman–Crippen LogP) is 2.77. The first-order valence-electron chi connectivity index (χ1n) is 7.18. The van der Waals surface area contributed by atoms with E-state index in [0.29, 0.717) is 5.92 Å². The van der Waals surface area contributed by atoms with Gasteiger partial charge in [-0.15, -0.1) is 0 Å². The topological polar surface area (TPSA) is 32.3 Å². The van der Waals surface area contributed by atoms with E-state index >= 15 is 0 Å². The number of nitrogens with zero attached hydrogens (tertiary/aromatic N) is 1. The van der Waals surface area contributed by atoms with Crippen LogP contribution in [0, 0.1) is 5.92 Å². The second kappa shape index (κ2) is 6.20. The van der Waals surface area contributed by atoms with E-state index in [4.69, 9.17) is 0 Å². The van der Waals surface area contributed by atoms with Crippen LogP contribution < -0.4 is 10.2 Å². The molecule has 1 aliphatic heterocycles. The Bertz CT molecular complexity index is 436. The predicted molar refractivity (Wildman–Crippen MR) is 79.5 cm³/mol. The van der Waals surface area contributed by atoms with Gasteiger partial charge in [0.25, 0.3) is 0 Å². The van der Waals surface area contributed by atoms with Gasteiger partial charge >= 0.3 is 0 Å². The number of carbonyl (C=O) groups is 1. The summed E-state index contributed by atoms with van der Waals surface area (Å²) in [6.45, 7) is 6.26.